The monoisotopic (exact) mass is 188 g/mol. The van der Waals surface area contributed by atoms with Crippen LogP contribution in [0.25, 0.3) is 0 Å². The van der Waals surface area contributed by atoms with Crippen molar-refractivity contribution in [1.82, 2.24) is 10.2 Å². The lowest BCUT2D eigenvalue weighted by molar-refractivity contribution is 0.222. The van der Waals surface area contributed by atoms with Gasteiger partial charge in [-0.3, -0.25) is 5.10 Å². The Morgan fingerprint density at radius 3 is 2.64 bits per heavy atom. The Bertz CT molecular complexity index is 369. The number of ether oxygens (including phenoxy) is 1. The van der Waals surface area contributed by atoms with Crippen LogP contribution in [0, 0.1) is 0 Å². The van der Waals surface area contributed by atoms with E-state index in [1.807, 2.05) is 43.3 Å². The number of benzene rings is 1. The van der Waals surface area contributed by atoms with E-state index < -0.39 is 0 Å². The van der Waals surface area contributed by atoms with Crippen molar-refractivity contribution < 1.29 is 4.74 Å². The van der Waals surface area contributed by atoms with Crippen LogP contribution >= 0.6 is 0 Å². The number of hydrogen-bond donors (Lipinski definition) is 1. The van der Waals surface area contributed by atoms with E-state index in [0.717, 1.165) is 11.4 Å². The highest BCUT2D eigenvalue weighted by atomic mass is 16.5. The quantitative estimate of drug-likeness (QED) is 0.803. The number of aromatic nitrogens is 2. The standard InChI is InChI=1S/C11H12N2O/c1-9(11-7-8-12-13-11)14-10-5-3-2-4-6-10/h2-9H,1H3,(H,12,13)/t9-/m1/s1. The fourth-order valence-electron chi connectivity index (χ4n) is 1.26. The summed E-state index contributed by atoms with van der Waals surface area (Å²) in [5.74, 6) is 0.870. The van der Waals surface area contributed by atoms with E-state index in [2.05, 4.69) is 10.2 Å². The first-order chi connectivity index (χ1) is 6.86. The third-order valence-electron chi connectivity index (χ3n) is 2.02. The maximum atomic E-state index is 5.69. The van der Waals surface area contributed by atoms with Gasteiger partial charge in [0.05, 0.1) is 5.69 Å². The van der Waals surface area contributed by atoms with Gasteiger partial charge >= 0.3 is 0 Å². The van der Waals surface area contributed by atoms with Gasteiger partial charge < -0.3 is 4.74 Å². The van der Waals surface area contributed by atoms with Crippen LogP contribution in [0.3, 0.4) is 0 Å². The van der Waals surface area contributed by atoms with Crippen molar-refractivity contribution in [3.05, 3.63) is 48.3 Å². The molecule has 0 spiro atoms. The zero-order chi connectivity index (χ0) is 9.80. The lowest BCUT2D eigenvalue weighted by Gasteiger charge is -2.12. The lowest BCUT2D eigenvalue weighted by Crippen LogP contribution is -2.03. The minimum atomic E-state index is -0.0000926. The predicted molar refractivity (Wildman–Crippen MR) is 54.1 cm³/mol. The minimum Gasteiger partial charge on any atom is -0.484 e. The van der Waals surface area contributed by atoms with Gasteiger partial charge in [-0.15, -0.1) is 0 Å². The first kappa shape index (κ1) is 8.81. The summed E-state index contributed by atoms with van der Waals surface area (Å²) in [6.45, 7) is 1.99. The van der Waals surface area contributed by atoms with Gasteiger partial charge in [0.25, 0.3) is 0 Å². The maximum absolute atomic E-state index is 5.69. The Hall–Kier alpha value is -1.77. The molecule has 0 aliphatic heterocycles. The Labute approximate surface area is 82.7 Å². The van der Waals surface area contributed by atoms with Crippen molar-refractivity contribution in [3.8, 4) is 5.75 Å². The molecule has 0 radical (unpaired) electrons. The first-order valence-corrected chi connectivity index (χ1v) is 4.57. The van der Waals surface area contributed by atoms with Gasteiger partial charge in [-0.1, -0.05) is 18.2 Å². The van der Waals surface area contributed by atoms with Crippen LogP contribution in [-0.2, 0) is 0 Å². The molecule has 14 heavy (non-hydrogen) atoms. The predicted octanol–water partition coefficient (Wildman–Crippen LogP) is 2.55. The van der Waals surface area contributed by atoms with Crippen molar-refractivity contribution in [2.75, 3.05) is 0 Å². The molecule has 1 aromatic heterocycles. The summed E-state index contributed by atoms with van der Waals surface area (Å²) >= 11 is 0. The molecule has 1 heterocycles. The number of nitrogens with zero attached hydrogens (tertiary/aromatic N) is 1. The van der Waals surface area contributed by atoms with E-state index in [1.165, 1.54) is 0 Å². The highest BCUT2D eigenvalue weighted by molar-refractivity contribution is 5.22. The number of aromatic amines is 1. The Kier molecular flexibility index (Phi) is 2.49. The Balaban J connectivity index is 2.06. The minimum absolute atomic E-state index is 0.0000926. The maximum Gasteiger partial charge on any atom is 0.137 e. The molecule has 72 valence electrons. The van der Waals surface area contributed by atoms with Gasteiger partial charge in [0.2, 0.25) is 0 Å². The van der Waals surface area contributed by atoms with Gasteiger partial charge in [0.15, 0.2) is 0 Å². The van der Waals surface area contributed by atoms with E-state index in [4.69, 9.17) is 4.74 Å². The lowest BCUT2D eigenvalue weighted by atomic mass is 10.3. The third kappa shape index (κ3) is 1.93. The van der Waals surface area contributed by atoms with Crippen LogP contribution < -0.4 is 4.74 Å². The van der Waals surface area contributed by atoms with E-state index in [0.29, 0.717) is 0 Å². The number of nitrogens with one attached hydrogen (secondary N) is 1. The van der Waals surface area contributed by atoms with Gasteiger partial charge in [-0.25, -0.2) is 0 Å². The normalized spacial score (nSPS) is 12.4. The molecule has 0 saturated carbocycles. The molecule has 1 aromatic carbocycles. The van der Waals surface area contributed by atoms with Crippen LogP contribution in [0.2, 0.25) is 0 Å². The van der Waals surface area contributed by atoms with E-state index in [9.17, 15) is 0 Å². The summed E-state index contributed by atoms with van der Waals surface area (Å²) in [5.41, 5.74) is 0.980. The molecule has 1 N–H and O–H groups in total. The Morgan fingerprint density at radius 1 is 1.21 bits per heavy atom. The average Bonchev–Trinajstić information content (AvgIpc) is 2.72. The molecule has 3 heteroatoms. The second-order valence-electron chi connectivity index (χ2n) is 3.09. The van der Waals surface area contributed by atoms with Crippen LogP contribution in [0.1, 0.15) is 18.7 Å². The van der Waals surface area contributed by atoms with E-state index >= 15 is 0 Å². The molecule has 2 aromatic rings. The second kappa shape index (κ2) is 3.96. The molecule has 0 aliphatic rings. The van der Waals surface area contributed by atoms with Gasteiger partial charge in [-0.05, 0) is 25.1 Å². The fraction of sp³-hybridized carbons (Fsp3) is 0.182. The molecular weight excluding hydrogens is 176 g/mol. The highest BCUT2D eigenvalue weighted by Gasteiger charge is 2.07. The number of rotatable bonds is 3. The second-order valence-corrected chi connectivity index (χ2v) is 3.09. The molecule has 3 nitrogen and oxygen atoms in total. The van der Waals surface area contributed by atoms with Crippen LogP contribution in [0.4, 0.5) is 0 Å². The van der Waals surface area contributed by atoms with E-state index in [1.54, 1.807) is 6.20 Å². The van der Waals surface area contributed by atoms with E-state index in [-0.39, 0.29) is 6.10 Å². The molecule has 0 unspecified atom stereocenters. The van der Waals surface area contributed by atoms with Crippen LogP contribution in [-0.4, -0.2) is 10.2 Å². The Morgan fingerprint density at radius 2 is 2.00 bits per heavy atom. The summed E-state index contributed by atoms with van der Waals surface area (Å²) in [4.78, 5) is 0. The van der Waals surface area contributed by atoms with Gasteiger partial charge in [0, 0.05) is 6.20 Å². The summed E-state index contributed by atoms with van der Waals surface area (Å²) in [6.07, 6.45) is 1.72. The molecule has 0 bridgehead atoms. The summed E-state index contributed by atoms with van der Waals surface area (Å²) < 4.78 is 5.69. The van der Waals surface area contributed by atoms with Gasteiger partial charge in [-0.2, -0.15) is 5.10 Å². The van der Waals surface area contributed by atoms with Crippen molar-refractivity contribution in [3.63, 3.8) is 0 Å². The molecular formula is C11H12N2O. The third-order valence-corrected chi connectivity index (χ3v) is 2.02. The fourth-order valence-corrected chi connectivity index (χ4v) is 1.26. The number of H-pyrrole nitrogens is 1. The average molecular weight is 188 g/mol. The summed E-state index contributed by atoms with van der Waals surface area (Å²) in [5, 5.41) is 6.76. The van der Waals surface area contributed by atoms with Crippen molar-refractivity contribution in [2.45, 2.75) is 13.0 Å². The molecule has 0 aliphatic carbocycles. The molecule has 0 amide bonds. The smallest absolute Gasteiger partial charge is 0.137 e. The molecule has 0 saturated heterocycles. The number of hydrogen-bond acceptors (Lipinski definition) is 2. The van der Waals surface area contributed by atoms with Crippen molar-refractivity contribution in [2.24, 2.45) is 0 Å². The summed E-state index contributed by atoms with van der Waals surface area (Å²) in [6, 6.07) is 11.7. The zero-order valence-corrected chi connectivity index (χ0v) is 7.97. The van der Waals surface area contributed by atoms with Crippen LogP contribution in [0.15, 0.2) is 42.6 Å². The van der Waals surface area contributed by atoms with Crippen LogP contribution in [0.5, 0.6) is 5.75 Å². The van der Waals surface area contributed by atoms with Crippen molar-refractivity contribution in [1.29, 1.82) is 0 Å². The molecule has 0 fully saturated rings. The number of para-hydroxylation sites is 1. The zero-order valence-electron chi connectivity index (χ0n) is 7.97. The summed E-state index contributed by atoms with van der Waals surface area (Å²) in [7, 11) is 0. The molecule has 2 rings (SSSR count). The molecule has 1 atom stereocenters. The highest BCUT2D eigenvalue weighted by Crippen LogP contribution is 2.18. The topological polar surface area (TPSA) is 37.9 Å². The SMILES string of the molecule is C[C@@H](Oc1ccccc1)c1ccn[nH]1. The first-order valence-electron chi connectivity index (χ1n) is 4.57. The van der Waals surface area contributed by atoms with Crippen molar-refractivity contribution >= 4 is 0 Å². The largest absolute Gasteiger partial charge is 0.484 e. The van der Waals surface area contributed by atoms with Gasteiger partial charge in [0.1, 0.15) is 11.9 Å².